The van der Waals surface area contributed by atoms with E-state index in [1.54, 1.807) is 76.2 Å². The third-order valence-corrected chi connectivity index (χ3v) is 6.67. The van der Waals surface area contributed by atoms with Crippen LogP contribution in [0.15, 0.2) is 48.5 Å². The van der Waals surface area contributed by atoms with Gasteiger partial charge < -0.3 is 14.6 Å². The van der Waals surface area contributed by atoms with Crippen LogP contribution in [-0.2, 0) is 9.53 Å². The number of aliphatic hydroxyl groups excluding tert-OH is 1. The fourth-order valence-electron chi connectivity index (χ4n) is 4.29. The first-order valence-electron chi connectivity index (χ1n) is 12.8. The van der Waals surface area contributed by atoms with Gasteiger partial charge in [0.1, 0.15) is 5.75 Å². The van der Waals surface area contributed by atoms with Gasteiger partial charge in [-0.25, -0.2) is 4.79 Å². The number of ether oxygens (including phenoxy) is 2. The van der Waals surface area contributed by atoms with Crippen LogP contribution in [0.4, 0.5) is 0 Å². The van der Waals surface area contributed by atoms with Crippen LogP contribution >= 0.6 is 11.6 Å². The van der Waals surface area contributed by atoms with Gasteiger partial charge in [-0.2, -0.15) is 0 Å². The Morgan fingerprint density at radius 3 is 1.94 bits per heavy atom. The van der Waals surface area contributed by atoms with Gasteiger partial charge in [0, 0.05) is 16.1 Å². The van der Waals surface area contributed by atoms with E-state index in [0.29, 0.717) is 33.7 Å². The van der Waals surface area contributed by atoms with Gasteiger partial charge in [0.2, 0.25) is 0 Å². The standard InChI is InChI=1S/C20H21ClO4.C10H20O/c1-13(2)24-19(23)20(3,4)25-17-11-7-15(8-12-17)18(22)14-5-9-16(21)10-6-14;1-7(2)9-5-4-8(3)6-10(9)11/h5-13H,1-4H3;7-11H,4-6H2,1-3H3. The van der Waals surface area contributed by atoms with Crippen LogP contribution < -0.4 is 4.74 Å². The van der Waals surface area contributed by atoms with Crippen molar-refractivity contribution in [2.75, 3.05) is 0 Å². The van der Waals surface area contributed by atoms with E-state index >= 15 is 0 Å². The summed E-state index contributed by atoms with van der Waals surface area (Å²) < 4.78 is 10.9. The van der Waals surface area contributed by atoms with Crippen LogP contribution in [0.5, 0.6) is 5.75 Å². The Bertz CT molecular complexity index is 979. The average Bonchev–Trinajstić information content (AvgIpc) is 2.79. The second-order valence-electron chi connectivity index (χ2n) is 10.8. The van der Waals surface area contributed by atoms with Gasteiger partial charge in [0.05, 0.1) is 12.2 Å². The number of carbonyl (C=O) groups is 2. The summed E-state index contributed by atoms with van der Waals surface area (Å²) in [7, 11) is 0. The van der Waals surface area contributed by atoms with Crippen molar-refractivity contribution in [2.24, 2.45) is 17.8 Å². The Kier molecular flexibility index (Phi) is 11.0. The molecule has 36 heavy (non-hydrogen) atoms. The molecular weight excluding hydrogens is 476 g/mol. The molecule has 3 rings (SSSR count). The molecule has 198 valence electrons. The van der Waals surface area contributed by atoms with Crippen molar-refractivity contribution in [1.82, 2.24) is 0 Å². The Morgan fingerprint density at radius 2 is 1.47 bits per heavy atom. The molecular formula is C30H41ClO5. The number of ketones is 1. The van der Waals surface area contributed by atoms with Crippen molar-refractivity contribution in [3.05, 3.63) is 64.7 Å². The first-order valence-corrected chi connectivity index (χ1v) is 13.2. The normalized spacial score (nSPS) is 19.9. The van der Waals surface area contributed by atoms with Crippen LogP contribution in [0.1, 0.15) is 83.7 Å². The highest BCUT2D eigenvalue weighted by Crippen LogP contribution is 2.33. The molecule has 0 spiro atoms. The molecule has 3 atom stereocenters. The summed E-state index contributed by atoms with van der Waals surface area (Å²) in [6.45, 7) is 13.5. The third kappa shape index (κ3) is 8.94. The molecule has 1 saturated carbocycles. The van der Waals surface area contributed by atoms with Gasteiger partial charge in [-0.05, 0) is 107 Å². The minimum absolute atomic E-state index is 0.0289. The van der Waals surface area contributed by atoms with Gasteiger partial charge in [-0.3, -0.25) is 4.79 Å². The molecule has 5 nitrogen and oxygen atoms in total. The second-order valence-corrected chi connectivity index (χ2v) is 11.3. The summed E-state index contributed by atoms with van der Waals surface area (Å²) >= 11 is 5.84. The lowest BCUT2D eigenvalue weighted by Crippen LogP contribution is -2.40. The maximum Gasteiger partial charge on any atom is 0.350 e. The number of hydrogen-bond acceptors (Lipinski definition) is 5. The summed E-state index contributed by atoms with van der Waals surface area (Å²) in [6, 6.07) is 13.4. The van der Waals surface area contributed by atoms with Crippen LogP contribution in [0.25, 0.3) is 0 Å². The van der Waals surface area contributed by atoms with Crippen molar-refractivity contribution in [2.45, 2.75) is 85.5 Å². The van der Waals surface area contributed by atoms with E-state index in [9.17, 15) is 14.7 Å². The molecule has 2 aromatic rings. The lowest BCUT2D eigenvalue weighted by molar-refractivity contribution is -0.163. The molecule has 0 aliphatic heterocycles. The first-order chi connectivity index (χ1) is 16.8. The molecule has 0 saturated heterocycles. The molecule has 1 N–H and O–H groups in total. The zero-order valence-electron chi connectivity index (χ0n) is 22.6. The molecule has 0 radical (unpaired) electrons. The van der Waals surface area contributed by atoms with E-state index in [0.717, 1.165) is 12.3 Å². The number of halogens is 1. The predicted octanol–water partition coefficient (Wildman–Crippen LogP) is 7.12. The zero-order valence-corrected chi connectivity index (χ0v) is 23.3. The molecule has 0 aromatic heterocycles. The first kappa shape index (κ1) is 29.9. The molecule has 2 aromatic carbocycles. The fraction of sp³-hybridized carbons (Fsp3) is 0.533. The van der Waals surface area contributed by atoms with Crippen LogP contribution in [0.2, 0.25) is 5.02 Å². The smallest absolute Gasteiger partial charge is 0.350 e. The lowest BCUT2D eigenvalue weighted by atomic mass is 9.75. The minimum atomic E-state index is -1.12. The van der Waals surface area contributed by atoms with Crippen molar-refractivity contribution >= 4 is 23.4 Å². The summed E-state index contributed by atoms with van der Waals surface area (Å²) in [6.07, 6.45) is 3.30. The SMILES string of the molecule is CC(C)OC(=O)C(C)(C)Oc1ccc(C(=O)c2ccc(Cl)cc2)cc1.CC1CCC(C(C)C)C(O)C1. The molecule has 1 aliphatic carbocycles. The number of esters is 1. The number of rotatable bonds is 7. The van der Waals surface area contributed by atoms with E-state index in [1.807, 2.05) is 0 Å². The van der Waals surface area contributed by atoms with Gasteiger partial charge in [-0.15, -0.1) is 0 Å². The van der Waals surface area contributed by atoms with E-state index in [2.05, 4.69) is 20.8 Å². The molecule has 0 bridgehead atoms. The highest BCUT2D eigenvalue weighted by atomic mass is 35.5. The molecule has 0 amide bonds. The van der Waals surface area contributed by atoms with Crippen molar-refractivity contribution in [1.29, 1.82) is 0 Å². The van der Waals surface area contributed by atoms with Gasteiger partial charge in [0.25, 0.3) is 0 Å². The number of aliphatic hydroxyl groups is 1. The third-order valence-electron chi connectivity index (χ3n) is 6.42. The number of hydrogen-bond donors (Lipinski definition) is 1. The minimum Gasteiger partial charge on any atom is -0.476 e. The summed E-state index contributed by atoms with van der Waals surface area (Å²) in [4.78, 5) is 24.5. The molecule has 6 heteroatoms. The largest absolute Gasteiger partial charge is 0.476 e. The van der Waals surface area contributed by atoms with Gasteiger partial charge >= 0.3 is 5.97 Å². The van der Waals surface area contributed by atoms with Crippen LogP contribution in [0, 0.1) is 17.8 Å². The quantitative estimate of drug-likeness (QED) is 0.313. The maximum atomic E-state index is 12.4. The van der Waals surface area contributed by atoms with E-state index in [-0.39, 0.29) is 18.0 Å². The molecule has 1 aliphatic rings. The van der Waals surface area contributed by atoms with Crippen molar-refractivity contribution in [3.63, 3.8) is 0 Å². The van der Waals surface area contributed by atoms with Gasteiger partial charge in [0.15, 0.2) is 11.4 Å². The Balaban J connectivity index is 0.000000346. The monoisotopic (exact) mass is 516 g/mol. The Labute approximate surface area is 221 Å². The maximum absolute atomic E-state index is 12.4. The van der Waals surface area contributed by atoms with E-state index in [1.165, 1.54) is 12.8 Å². The topological polar surface area (TPSA) is 72.8 Å². The van der Waals surface area contributed by atoms with Crippen molar-refractivity contribution < 1.29 is 24.2 Å². The molecule has 1 fully saturated rings. The van der Waals surface area contributed by atoms with Crippen LogP contribution in [0.3, 0.4) is 0 Å². The van der Waals surface area contributed by atoms with Gasteiger partial charge in [-0.1, -0.05) is 38.8 Å². The Morgan fingerprint density at radius 1 is 0.944 bits per heavy atom. The number of carbonyl (C=O) groups excluding carboxylic acids is 2. The fourth-order valence-corrected chi connectivity index (χ4v) is 4.41. The van der Waals surface area contributed by atoms with Crippen LogP contribution in [-0.4, -0.2) is 34.7 Å². The number of benzene rings is 2. The van der Waals surface area contributed by atoms with E-state index < -0.39 is 11.6 Å². The predicted molar refractivity (Wildman–Crippen MR) is 145 cm³/mol. The highest BCUT2D eigenvalue weighted by Gasteiger charge is 2.32. The summed E-state index contributed by atoms with van der Waals surface area (Å²) in [5, 5.41) is 10.3. The summed E-state index contributed by atoms with van der Waals surface area (Å²) in [5.74, 6) is 1.88. The zero-order chi connectivity index (χ0) is 27.0. The average molecular weight is 517 g/mol. The molecule has 0 heterocycles. The van der Waals surface area contributed by atoms with E-state index in [4.69, 9.17) is 21.1 Å². The Hall–Kier alpha value is -2.37. The highest BCUT2D eigenvalue weighted by molar-refractivity contribution is 6.30. The summed E-state index contributed by atoms with van der Waals surface area (Å²) in [5.41, 5.74) is -0.0393. The van der Waals surface area contributed by atoms with Crippen molar-refractivity contribution in [3.8, 4) is 5.75 Å². The molecule has 3 unspecified atom stereocenters. The second kappa shape index (κ2) is 13.3. The lowest BCUT2D eigenvalue weighted by Gasteiger charge is -2.33.